The Morgan fingerprint density at radius 1 is 1.21 bits per heavy atom. The van der Waals surface area contributed by atoms with Gasteiger partial charge in [0.05, 0.1) is 23.6 Å². The second kappa shape index (κ2) is 7.07. The maximum atomic E-state index is 13.6. The highest BCUT2D eigenvalue weighted by molar-refractivity contribution is 7.10. The minimum absolute atomic E-state index is 0.0387. The lowest BCUT2D eigenvalue weighted by Gasteiger charge is -2.32. The highest BCUT2D eigenvalue weighted by Crippen LogP contribution is 2.52. The van der Waals surface area contributed by atoms with Crippen molar-refractivity contribution in [2.45, 2.75) is 38.8 Å². The van der Waals surface area contributed by atoms with Crippen molar-refractivity contribution >= 4 is 34.8 Å². The summed E-state index contributed by atoms with van der Waals surface area (Å²) in [5.74, 6) is -3.47. The number of carbonyl (C=O) groups is 3. The number of nitrogens with one attached hydrogen (secondary N) is 1. The average molecular weight is 413 g/mol. The minimum Gasteiger partial charge on any atom is -0.480 e. The molecule has 7 heteroatoms. The fourth-order valence-electron chi connectivity index (χ4n) is 4.88. The topological polar surface area (TPSA) is 86.7 Å². The number of fused-ring (bicyclic) bond motifs is 1. The number of carbonyl (C=O) groups excluding carboxylic acids is 2. The number of thiophene rings is 1. The molecule has 29 heavy (non-hydrogen) atoms. The van der Waals surface area contributed by atoms with Crippen molar-refractivity contribution in [2.24, 2.45) is 17.8 Å². The number of amides is 2. The van der Waals surface area contributed by atoms with Gasteiger partial charge in [0.25, 0.3) is 0 Å². The Kier molecular flexibility index (Phi) is 4.83. The standard InChI is InChI=1S/C22H24N2O4S/c1-12(2)11-22(21(27)28)17-16(18(23-22)15-9-6-10-29-15)19(25)24(20(17)26)14-8-5-4-7-13(14)3/h4-10,12,16-18,23H,11H2,1-3H3,(H,27,28). The van der Waals surface area contributed by atoms with Crippen LogP contribution in [0.3, 0.4) is 0 Å². The molecule has 4 unspecified atom stereocenters. The summed E-state index contributed by atoms with van der Waals surface area (Å²) in [7, 11) is 0. The van der Waals surface area contributed by atoms with Gasteiger partial charge in [0.1, 0.15) is 5.54 Å². The number of hydrogen-bond acceptors (Lipinski definition) is 5. The number of carboxylic acids is 1. The van der Waals surface area contributed by atoms with Crippen molar-refractivity contribution < 1.29 is 19.5 Å². The highest BCUT2D eigenvalue weighted by atomic mass is 32.1. The first-order chi connectivity index (χ1) is 13.8. The van der Waals surface area contributed by atoms with Crippen LogP contribution in [0.15, 0.2) is 41.8 Å². The molecule has 2 aliphatic rings. The van der Waals surface area contributed by atoms with Crippen molar-refractivity contribution in [3.8, 4) is 0 Å². The fraction of sp³-hybridized carbons (Fsp3) is 0.409. The van der Waals surface area contributed by atoms with Crippen molar-refractivity contribution in [3.05, 3.63) is 52.2 Å². The van der Waals surface area contributed by atoms with E-state index in [2.05, 4.69) is 5.32 Å². The van der Waals surface area contributed by atoms with Crippen molar-refractivity contribution in [3.63, 3.8) is 0 Å². The first kappa shape index (κ1) is 19.8. The second-order valence-corrected chi connectivity index (χ2v) is 9.29. The second-order valence-electron chi connectivity index (χ2n) is 8.31. The van der Waals surface area contributed by atoms with Gasteiger partial charge in [-0.15, -0.1) is 11.3 Å². The molecule has 1 aromatic carbocycles. The highest BCUT2D eigenvalue weighted by Gasteiger charge is 2.68. The molecule has 1 aromatic heterocycles. The predicted molar refractivity (Wildman–Crippen MR) is 111 cm³/mol. The number of aryl methyl sites for hydroxylation is 1. The maximum Gasteiger partial charge on any atom is 0.324 e. The molecule has 2 aliphatic heterocycles. The van der Waals surface area contributed by atoms with Crippen LogP contribution in [0.5, 0.6) is 0 Å². The number of anilines is 1. The van der Waals surface area contributed by atoms with E-state index < -0.39 is 35.3 Å². The molecule has 2 N–H and O–H groups in total. The molecule has 2 amide bonds. The van der Waals surface area contributed by atoms with Crippen molar-refractivity contribution in [1.82, 2.24) is 5.32 Å². The minimum atomic E-state index is -1.47. The van der Waals surface area contributed by atoms with Gasteiger partial charge in [0.2, 0.25) is 11.8 Å². The Balaban J connectivity index is 1.87. The van der Waals surface area contributed by atoms with Gasteiger partial charge < -0.3 is 5.11 Å². The Hall–Kier alpha value is -2.51. The monoisotopic (exact) mass is 412 g/mol. The molecule has 2 saturated heterocycles. The van der Waals surface area contributed by atoms with Crippen molar-refractivity contribution in [2.75, 3.05) is 4.90 Å². The number of aliphatic carboxylic acids is 1. The summed E-state index contributed by atoms with van der Waals surface area (Å²) in [5.41, 5.74) is -0.136. The zero-order chi connectivity index (χ0) is 20.9. The van der Waals surface area contributed by atoms with Crippen LogP contribution in [0, 0.1) is 24.7 Å². The van der Waals surface area contributed by atoms with E-state index in [0.29, 0.717) is 5.69 Å². The van der Waals surface area contributed by atoms with Crippen LogP contribution >= 0.6 is 11.3 Å². The molecule has 4 atom stereocenters. The molecule has 2 fully saturated rings. The van der Waals surface area contributed by atoms with Gasteiger partial charge in [-0.05, 0) is 42.3 Å². The van der Waals surface area contributed by atoms with E-state index >= 15 is 0 Å². The predicted octanol–water partition coefficient (Wildman–Crippen LogP) is 3.38. The zero-order valence-electron chi connectivity index (χ0n) is 16.6. The van der Waals surface area contributed by atoms with E-state index in [9.17, 15) is 19.5 Å². The molecule has 6 nitrogen and oxygen atoms in total. The van der Waals surface area contributed by atoms with Crippen LogP contribution < -0.4 is 10.2 Å². The summed E-state index contributed by atoms with van der Waals surface area (Å²) >= 11 is 1.47. The van der Waals surface area contributed by atoms with Gasteiger partial charge in [0.15, 0.2) is 0 Å². The Bertz CT molecular complexity index is 971. The normalized spacial score (nSPS) is 29.0. The first-order valence-corrected chi connectivity index (χ1v) is 10.6. The zero-order valence-corrected chi connectivity index (χ0v) is 17.4. The first-order valence-electron chi connectivity index (χ1n) is 9.76. The van der Waals surface area contributed by atoms with Crippen LogP contribution in [0.4, 0.5) is 5.69 Å². The number of imide groups is 1. The van der Waals surface area contributed by atoms with Crippen LogP contribution in [0.1, 0.15) is 36.8 Å². The lowest BCUT2D eigenvalue weighted by molar-refractivity contribution is -0.149. The van der Waals surface area contributed by atoms with Crippen LogP contribution in [0.2, 0.25) is 0 Å². The van der Waals surface area contributed by atoms with E-state index in [1.807, 2.05) is 50.4 Å². The number of nitrogens with zero attached hydrogens (tertiary/aromatic N) is 1. The third-order valence-corrected chi connectivity index (χ3v) is 6.93. The summed E-state index contributed by atoms with van der Waals surface area (Å²) in [5, 5.41) is 15.4. The van der Waals surface area contributed by atoms with E-state index in [4.69, 9.17) is 0 Å². The van der Waals surface area contributed by atoms with Crippen LogP contribution in [-0.2, 0) is 14.4 Å². The maximum absolute atomic E-state index is 13.6. The summed E-state index contributed by atoms with van der Waals surface area (Å²) < 4.78 is 0. The lowest BCUT2D eigenvalue weighted by atomic mass is 9.75. The largest absolute Gasteiger partial charge is 0.480 e. The molecule has 0 spiro atoms. The molecular weight excluding hydrogens is 388 g/mol. The van der Waals surface area contributed by atoms with Crippen molar-refractivity contribution in [1.29, 1.82) is 0 Å². The molecule has 0 radical (unpaired) electrons. The number of rotatable bonds is 5. The third-order valence-electron chi connectivity index (χ3n) is 5.97. The summed E-state index contributed by atoms with van der Waals surface area (Å²) in [6, 6.07) is 10.5. The van der Waals surface area contributed by atoms with E-state index in [0.717, 1.165) is 10.4 Å². The Morgan fingerprint density at radius 2 is 1.93 bits per heavy atom. The van der Waals surface area contributed by atoms with E-state index in [1.54, 1.807) is 12.1 Å². The molecule has 0 aliphatic carbocycles. The van der Waals surface area contributed by atoms with Gasteiger partial charge in [-0.2, -0.15) is 0 Å². The van der Waals surface area contributed by atoms with Crippen LogP contribution in [0.25, 0.3) is 0 Å². The Morgan fingerprint density at radius 3 is 2.52 bits per heavy atom. The average Bonchev–Trinajstić information content (AvgIpc) is 3.34. The molecule has 4 rings (SSSR count). The van der Waals surface area contributed by atoms with Gasteiger partial charge in [0, 0.05) is 4.88 Å². The van der Waals surface area contributed by atoms with Gasteiger partial charge in [-0.25, -0.2) is 4.90 Å². The van der Waals surface area contributed by atoms with Gasteiger partial charge in [-0.3, -0.25) is 19.7 Å². The van der Waals surface area contributed by atoms with Crippen LogP contribution in [-0.4, -0.2) is 28.4 Å². The smallest absolute Gasteiger partial charge is 0.324 e. The summed E-state index contributed by atoms with van der Waals surface area (Å²) in [4.78, 5) is 41.7. The van der Waals surface area contributed by atoms with Gasteiger partial charge >= 0.3 is 5.97 Å². The summed E-state index contributed by atoms with van der Waals surface area (Å²) in [6.45, 7) is 5.71. The SMILES string of the molecule is Cc1ccccc1N1C(=O)C2C(c3cccs3)NC(CC(C)C)(C(=O)O)C2C1=O. The molecule has 152 valence electrons. The number of hydrogen-bond donors (Lipinski definition) is 2. The number of benzene rings is 1. The van der Waals surface area contributed by atoms with Gasteiger partial charge in [-0.1, -0.05) is 38.1 Å². The third kappa shape index (κ3) is 2.91. The Labute approximate surface area is 173 Å². The quantitative estimate of drug-likeness (QED) is 0.736. The molecule has 3 heterocycles. The molecule has 2 aromatic rings. The molecule has 0 bridgehead atoms. The summed E-state index contributed by atoms with van der Waals surface area (Å²) in [6.07, 6.45) is 0.270. The lowest BCUT2D eigenvalue weighted by Crippen LogP contribution is -2.56. The fourth-order valence-corrected chi connectivity index (χ4v) is 5.71. The van der Waals surface area contributed by atoms with E-state index in [1.165, 1.54) is 16.2 Å². The van der Waals surface area contributed by atoms with E-state index in [-0.39, 0.29) is 18.2 Å². The number of para-hydroxylation sites is 1. The number of carboxylic acid groups (broad SMARTS) is 1. The molecule has 0 saturated carbocycles. The molecular formula is C22H24N2O4S.